The molecule has 0 bridgehead atoms. The third-order valence-corrected chi connectivity index (χ3v) is 5.81. The number of aromatic amines is 1. The summed E-state index contributed by atoms with van der Waals surface area (Å²) in [6, 6.07) is 20.3. The maximum atomic E-state index is 10.9. The maximum Gasteiger partial charge on any atom is 0.0872 e. The van der Waals surface area contributed by atoms with Gasteiger partial charge in [-0.15, -0.1) is 0 Å². The van der Waals surface area contributed by atoms with E-state index in [2.05, 4.69) is 48.1 Å². The lowest BCUT2D eigenvalue weighted by Crippen LogP contribution is -2.20. The first-order valence-electron chi connectivity index (χ1n) is 10.4. The smallest absolute Gasteiger partial charge is 0.0872 e. The zero-order valence-electron chi connectivity index (χ0n) is 18.3. The minimum atomic E-state index is -0.591. The predicted octanol–water partition coefficient (Wildman–Crippen LogP) is 6.03. The summed E-state index contributed by atoms with van der Waals surface area (Å²) in [5.74, 6) is 0. The van der Waals surface area contributed by atoms with E-state index in [1.165, 1.54) is 0 Å². The van der Waals surface area contributed by atoms with Crippen LogP contribution in [0.1, 0.15) is 57.7 Å². The van der Waals surface area contributed by atoms with Crippen molar-refractivity contribution in [2.45, 2.75) is 46.1 Å². The summed E-state index contributed by atoms with van der Waals surface area (Å²) in [5, 5.41) is 11.9. The number of hydrogen-bond donors (Lipinski definition) is 2. The number of nitrogens with zero attached hydrogens (tertiary/aromatic N) is 2. The number of pyridine rings is 2. The Balaban J connectivity index is 1.76. The highest BCUT2D eigenvalue weighted by Crippen LogP contribution is 2.36. The molecule has 1 unspecified atom stereocenters. The Morgan fingerprint density at radius 2 is 1.67 bits per heavy atom. The highest BCUT2D eigenvalue weighted by Gasteiger charge is 2.27. The van der Waals surface area contributed by atoms with Gasteiger partial charge in [0.15, 0.2) is 0 Å². The first-order valence-corrected chi connectivity index (χ1v) is 10.4. The number of hydrogen-bond acceptors (Lipinski definition) is 3. The van der Waals surface area contributed by atoms with Crippen LogP contribution in [0.15, 0.2) is 66.9 Å². The van der Waals surface area contributed by atoms with Gasteiger partial charge in [0.2, 0.25) is 0 Å². The molecule has 4 nitrogen and oxygen atoms in total. The monoisotopic (exact) mass is 399 g/mol. The van der Waals surface area contributed by atoms with E-state index in [1.807, 2.05) is 63.4 Å². The molecule has 30 heavy (non-hydrogen) atoms. The summed E-state index contributed by atoms with van der Waals surface area (Å²) >= 11 is 0. The molecular formula is C26H29N3O. The maximum absolute atomic E-state index is 10.9. The van der Waals surface area contributed by atoms with Crippen molar-refractivity contribution in [3.63, 3.8) is 0 Å². The van der Waals surface area contributed by atoms with Gasteiger partial charge in [-0.1, -0.05) is 51.1 Å². The van der Waals surface area contributed by atoms with Crippen molar-refractivity contribution in [1.29, 1.82) is 0 Å². The second-order valence-corrected chi connectivity index (χ2v) is 9.51. The van der Waals surface area contributed by atoms with Gasteiger partial charge in [0, 0.05) is 28.3 Å². The molecule has 4 heteroatoms. The number of aliphatic hydroxyl groups excluding tert-OH is 1. The zero-order chi connectivity index (χ0) is 21.5. The topological polar surface area (TPSA) is 61.8 Å². The molecular weight excluding hydrogens is 370 g/mol. The molecule has 154 valence electrons. The van der Waals surface area contributed by atoms with Gasteiger partial charge in [0.05, 0.1) is 28.7 Å². The first-order chi connectivity index (χ1) is 14.2. The van der Waals surface area contributed by atoms with Crippen LogP contribution < -0.4 is 0 Å². The van der Waals surface area contributed by atoms with Crippen LogP contribution in [0.4, 0.5) is 0 Å². The fraction of sp³-hybridized carbons (Fsp3) is 0.308. The summed E-state index contributed by atoms with van der Waals surface area (Å²) < 4.78 is 0. The fourth-order valence-corrected chi connectivity index (χ4v) is 3.79. The number of H-pyrrole nitrogens is 1. The molecule has 3 aromatic heterocycles. The Morgan fingerprint density at radius 3 is 2.37 bits per heavy atom. The summed E-state index contributed by atoms with van der Waals surface area (Å²) in [7, 11) is 0. The predicted molar refractivity (Wildman–Crippen MR) is 122 cm³/mol. The average molecular weight is 400 g/mol. The Kier molecular flexibility index (Phi) is 4.99. The normalized spacial score (nSPS) is 13.5. The lowest BCUT2D eigenvalue weighted by Gasteiger charge is -2.27. The number of benzene rings is 1. The number of aliphatic hydroxyl groups is 1. The standard InChI is InChI=1S/C26H29N3O/c1-25(2,3)24(30)18-10-8-9-17-12-13-20(29-23(17)18)19-14-15-22(28-19)26(4,5)21-11-6-7-16-27-21/h6-16,24,28,30H,1-5H3. The van der Waals surface area contributed by atoms with Crippen LogP contribution in [0.3, 0.4) is 0 Å². The SMILES string of the molecule is CC(C)(c1ccccn1)c1ccc(-c2ccc3cccc(C(O)C(C)(C)C)c3n2)[nH]1. The van der Waals surface area contributed by atoms with Crippen molar-refractivity contribution in [2.24, 2.45) is 5.41 Å². The largest absolute Gasteiger partial charge is 0.388 e. The zero-order valence-corrected chi connectivity index (χ0v) is 18.3. The number of nitrogens with one attached hydrogen (secondary N) is 1. The van der Waals surface area contributed by atoms with Crippen LogP contribution in [0, 0.1) is 5.41 Å². The molecule has 0 radical (unpaired) electrons. The Bertz CT molecular complexity index is 1170. The highest BCUT2D eigenvalue weighted by molar-refractivity contribution is 5.84. The molecule has 0 spiro atoms. The molecule has 2 N–H and O–H groups in total. The van der Waals surface area contributed by atoms with E-state index < -0.39 is 6.10 Å². The number of aromatic nitrogens is 3. The van der Waals surface area contributed by atoms with Crippen molar-refractivity contribution in [1.82, 2.24) is 15.0 Å². The second kappa shape index (κ2) is 7.37. The van der Waals surface area contributed by atoms with Gasteiger partial charge in [-0.25, -0.2) is 4.98 Å². The summed E-state index contributed by atoms with van der Waals surface area (Å²) in [4.78, 5) is 13.0. The van der Waals surface area contributed by atoms with Gasteiger partial charge < -0.3 is 10.1 Å². The summed E-state index contributed by atoms with van der Waals surface area (Å²) in [5.41, 5.74) is 5.11. The quantitative estimate of drug-likeness (QED) is 0.440. The Hall–Kier alpha value is -2.98. The molecule has 0 amide bonds. The molecule has 0 fully saturated rings. The Labute approximate surface area is 178 Å². The van der Waals surface area contributed by atoms with Crippen LogP contribution in [-0.4, -0.2) is 20.1 Å². The van der Waals surface area contributed by atoms with E-state index in [0.29, 0.717) is 0 Å². The lowest BCUT2D eigenvalue weighted by atomic mass is 9.84. The molecule has 0 aliphatic rings. The number of para-hydroxylation sites is 1. The molecule has 0 saturated carbocycles. The minimum Gasteiger partial charge on any atom is -0.388 e. The van der Waals surface area contributed by atoms with Gasteiger partial charge in [-0.2, -0.15) is 0 Å². The van der Waals surface area contributed by atoms with Gasteiger partial charge in [0.1, 0.15) is 0 Å². The van der Waals surface area contributed by atoms with E-state index in [4.69, 9.17) is 4.98 Å². The third kappa shape index (κ3) is 3.63. The van der Waals surface area contributed by atoms with Crippen molar-refractivity contribution in [3.05, 3.63) is 83.8 Å². The number of fused-ring (bicyclic) bond motifs is 1. The molecule has 0 aliphatic heterocycles. The fourth-order valence-electron chi connectivity index (χ4n) is 3.79. The summed E-state index contributed by atoms with van der Waals surface area (Å²) in [6.45, 7) is 10.4. The molecule has 4 aromatic rings. The van der Waals surface area contributed by atoms with Crippen molar-refractivity contribution in [2.75, 3.05) is 0 Å². The van der Waals surface area contributed by atoms with Gasteiger partial charge in [-0.3, -0.25) is 4.98 Å². The van der Waals surface area contributed by atoms with Crippen LogP contribution in [-0.2, 0) is 5.41 Å². The van der Waals surface area contributed by atoms with E-state index in [0.717, 1.165) is 39.2 Å². The van der Waals surface area contributed by atoms with Crippen molar-refractivity contribution < 1.29 is 5.11 Å². The van der Waals surface area contributed by atoms with Crippen LogP contribution in [0.5, 0.6) is 0 Å². The molecule has 0 saturated heterocycles. The third-order valence-electron chi connectivity index (χ3n) is 5.81. The Morgan fingerprint density at radius 1 is 0.867 bits per heavy atom. The van der Waals surface area contributed by atoms with Crippen LogP contribution in [0.25, 0.3) is 22.3 Å². The van der Waals surface area contributed by atoms with Gasteiger partial charge in [0.25, 0.3) is 0 Å². The van der Waals surface area contributed by atoms with Crippen LogP contribution in [0.2, 0.25) is 0 Å². The van der Waals surface area contributed by atoms with Crippen LogP contribution >= 0.6 is 0 Å². The average Bonchev–Trinajstić information content (AvgIpc) is 3.23. The number of rotatable bonds is 4. The molecule has 4 rings (SSSR count). The molecule has 3 heterocycles. The van der Waals surface area contributed by atoms with Crippen molar-refractivity contribution in [3.8, 4) is 11.4 Å². The first kappa shape index (κ1) is 20.3. The molecule has 1 aromatic carbocycles. The van der Waals surface area contributed by atoms with Gasteiger partial charge in [-0.05, 0) is 49.6 Å². The van der Waals surface area contributed by atoms with Gasteiger partial charge >= 0.3 is 0 Å². The van der Waals surface area contributed by atoms with E-state index in [1.54, 1.807) is 0 Å². The van der Waals surface area contributed by atoms with E-state index >= 15 is 0 Å². The summed E-state index contributed by atoms with van der Waals surface area (Å²) in [6.07, 6.45) is 1.24. The van der Waals surface area contributed by atoms with Crippen molar-refractivity contribution >= 4 is 10.9 Å². The van der Waals surface area contributed by atoms with E-state index in [9.17, 15) is 5.11 Å². The van der Waals surface area contributed by atoms with E-state index in [-0.39, 0.29) is 10.8 Å². The molecule has 0 aliphatic carbocycles. The highest BCUT2D eigenvalue weighted by atomic mass is 16.3. The lowest BCUT2D eigenvalue weighted by molar-refractivity contribution is 0.0638. The molecule has 1 atom stereocenters. The minimum absolute atomic E-state index is 0.246. The second-order valence-electron chi connectivity index (χ2n) is 9.51.